The van der Waals surface area contributed by atoms with Crippen LogP contribution in [0.15, 0.2) is 45.7 Å². The number of carboxylic acid groups (broad SMARTS) is 1. The molecule has 0 fully saturated rings. The van der Waals surface area contributed by atoms with E-state index in [0.29, 0.717) is 18.7 Å². The van der Waals surface area contributed by atoms with E-state index >= 15 is 0 Å². The van der Waals surface area contributed by atoms with E-state index < -0.39 is 11.9 Å². The molecule has 0 spiro atoms. The largest absolute Gasteiger partial charge is 0.478 e. The van der Waals surface area contributed by atoms with Crippen molar-refractivity contribution in [2.24, 2.45) is 0 Å². The average molecular weight is 333 g/mol. The summed E-state index contributed by atoms with van der Waals surface area (Å²) in [6.45, 7) is 4.26. The van der Waals surface area contributed by atoms with Crippen LogP contribution in [0.3, 0.4) is 0 Å². The molecule has 2 N–H and O–H groups in total. The highest BCUT2D eigenvalue weighted by Gasteiger charge is 2.20. The molecule has 1 aromatic carbocycles. The Bertz CT molecular complexity index is 681. The van der Waals surface area contributed by atoms with Crippen LogP contribution < -0.4 is 5.32 Å². The van der Waals surface area contributed by atoms with Gasteiger partial charge in [-0.2, -0.15) is 0 Å². The van der Waals surface area contributed by atoms with Crippen molar-refractivity contribution in [1.82, 2.24) is 5.32 Å². The van der Waals surface area contributed by atoms with Crippen molar-refractivity contribution in [1.29, 1.82) is 0 Å². The molecule has 1 aromatic heterocycles. The molecule has 122 valence electrons. The first kappa shape index (κ1) is 17.1. The second-order valence-electron chi connectivity index (χ2n) is 5.06. The van der Waals surface area contributed by atoms with E-state index in [0.717, 1.165) is 4.90 Å². The number of amides is 1. The Morgan fingerprint density at radius 2 is 2.00 bits per heavy atom. The van der Waals surface area contributed by atoms with Crippen molar-refractivity contribution in [3.63, 3.8) is 0 Å². The number of hydrogen-bond acceptors (Lipinski definition) is 4. The van der Waals surface area contributed by atoms with Crippen LogP contribution >= 0.6 is 11.8 Å². The second-order valence-corrected chi connectivity index (χ2v) is 6.57. The fourth-order valence-corrected chi connectivity index (χ4v) is 3.03. The Morgan fingerprint density at radius 1 is 1.30 bits per heavy atom. The Labute approximate surface area is 139 Å². The lowest BCUT2D eigenvalue weighted by Crippen LogP contribution is -2.29. The van der Waals surface area contributed by atoms with Gasteiger partial charge in [0.15, 0.2) is 5.76 Å². The molecule has 2 aromatic rings. The standard InChI is InChI=1S/C17H19NO4S/c1-3-14-13(17(20)21)9-15(22-14)16(19)18-10-11(2)23-12-7-5-4-6-8-12/h4-9,11H,3,10H2,1-2H3,(H,18,19)(H,20,21). The second kappa shape index (κ2) is 7.87. The third-order valence-electron chi connectivity index (χ3n) is 3.21. The molecule has 0 radical (unpaired) electrons. The first-order chi connectivity index (χ1) is 11.0. The molecule has 0 aliphatic heterocycles. The van der Waals surface area contributed by atoms with Crippen molar-refractivity contribution in [2.75, 3.05) is 6.54 Å². The van der Waals surface area contributed by atoms with Gasteiger partial charge in [-0.3, -0.25) is 4.79 Å². The summed E-state index contributed by atoms with van der Waals surface area (Å²) in [6.07, 6.45) is 0.426. The van der Waals surface area contributed by atoms with Gasteiger partial charge in [0.05, 0.1) is 0 Å². The topological polar surface area (TPSA) is 79.5 Å². The number of carbonyl (C=O) groups excluding carboxylic acids is 1. The molecule has 0 bridgehead atoms. The van der Waals surface area contributed by atoms with Crippen LogP contribution in [-0.4, -0.2) is 28.8 Å². The molecule has 0 saturated carbocycles. The van der Waals surface area contributed by atoms with Crippen molar-refractivity contribution in [3.05, 3.63) is 53.5 Å². The predicted octanol–water partition coefficient (Wildman–Crippen LogP) is 3.45. The van der Waals surface area contributed by atoms with Crippen molar-refractivity contribution < 1.29 is 19.1 Å². The Hall–Kier alpha value is -2.21. The Kier molecular flexibility index (Phi) is 5.87. The minimum atomic E-state index is -1.09. The van der Waals surface area contributed by atoms with E-state index in [2.05, 4.69) is 5.32 Å². The maximum atomic E-state index is 12.1. The molecule has 0 aliphatic rings. The Balaban J connectivity index is 1.93. The molecule has 0 saturated heterocycles. The van der Waals surface area contributed by atoms with E-state index in [1.807, 2.05) is 37.3 Å². The van der Waals surface area contributed by atoms with Gasteiger partial charge in [0, 0.05) is 29.2 Å². The van der Waals surface area contributed by atoms with Crippen molar-refractivity contribution in [2.45, 2.75) is 30.4 Å². The summed E-state index contributed by atoms with van der Waals surface area (Å²) in [5.74, 6) is -1.13. The van der Waals surface area contributed by atoms with Crippen LogP contribution in [0.2, 0.25) is 0 Å². The van der Waals surface area contributed by atoms with Crippen LogP contribution in [0.25, 0.3) is 0 Å². The molecule has 23 heavy (non-hydrogen) atoms. The van der Waals surface area contributed by atoms with Gasteiger partial charge in [-0.15, -0.1) is 11.8 Å². The molecule has 1 unspecified atom stereocenters. The minimum absolute atomic E-state index is 0.0381. The zero-order chi connectivity index (χ0) is 16.8. The molecular weight excluding hydrogens is 314 g/mol. The van der Waals surface area contributed by atoms with Crippen molar-refractivity contribution >= 4 is 23.6 Å². The highest BCUT2D eigenvalue weighted by molar-refractivity contribution is 8.00. The van der Waals surface area contributed by atoms with Crippen LogP contribution in [-0.2, 0) is 6.42 Å². The van der Waals surface area contributed by atoms with Crippen LogP contribution in [0.5, 0.6) is 0 Å². The minimum Gasteiger partial charge on any atom is -0.478 e. The SMILES string of the molecule is CCc1oc(C(=O)NCC(C)Sc2ccccc2)cc1C(=O)O. The molecular formula is C17H19NO4S. The number of carboxylic acids is 1. The number of nitrogens with one attached hydrogen (secondary N) is 1. The number of carbonyl (C=O) groups is 2. The number of furan rings is 1. The molecule has 1 amide bonds. The summed E-state index contributed by atoms with van der Waals surface area (Å²) < 4.78 is 5.34. The quantitative estimate of drug-likeness (QED) is 0.759. The number of rotatable bonds is 7. The zero-order valence-electron chi connectivity index (χ0n) is 13.0. The molecule has 1 atom stereocenters. The van der Waals surface area contributed by atoms with Crippen molar-refractivity contribution in [3.8, 4) is 0 Å². The van der Waals surface area contributed by atoms with Gasteiger partial charge < -0.3 is 14.8 Å². The van der Waals surface area contributed by atoms with Crippen LogP contribution in [0.1, 0.15) is 40.5 Å². The van der Waals surface area contributed by atoms with E-state index in [4.69, 9.17) is 9.52 Å². The lowest BCUT2D eigenvalue weighted by Gasteiger charge is -2.11. The number of hydrogen-bond donors (Lipinski definition) is 2. The van der Waals surface area contributed by atoms with Gasteiger partial charge in [-0.1, -0.05) is 32.0 Å². The number of aryl methyl sites for hydroxylation is 1. The maximum absolute atomic E-state index is 12.1. The average Bonchev–Trinajstić information content (AvgIpc) is 2.98. The molecule has 0 aliphatic carbocycles. The summed E-state index contributed by atoms with van der Waals surface area (Å²) in [5.41, 5.74) is 0.0457. The predicted molar refractivity (Wildman–Crippen MR) is 89.1 cm³/mol. The van der Waals surface area contributed by atoms with E-state index in [-0.39, 0.29) is 16.6 Å². The number of benzene rings is 1. The lowest BCUT2D eigenvalue weighted by atomic mass is 10.2. The fraction of sp³-hybridized carbons (Fsp3) is 0.294. The first-order valence-corrected chi connectivity index (χ1v) is 8.25. The summed E-state index contributed by atoms with van der Waals surface area (Å²) in [6, 6.07) is 11.2. The van der Waals surface area contributed by atoms with Gasteiger partial charge in [0.25, 0.3) is 5.91 Å². The summed E-state index contributed by atoms with van der Waals surface area (Å²) in [7, 11) is 0. The highest BCUT2D eigenvalue weighted by atomic mass is 32.2. The summed E-state index contributed by atoms with van der Waals surface area (Å²) in [5, 5.41) is 12.0. The maximum Gasteiger partial charge on any atom is 0.339 e. The fourth-order valence-electron chi connectivity index (χ4n) is 2.08. The van der Waals surface area contributed by atoms with Gasteiger partial charge in [-0.05, 0) is 12.1 Å². The number of thioether (sulfide) groups is 1. The monoisotopic (exact) mass is 333 g/mol. The van der Waals surface area contributed by atoms with Gasteiger partial charge in [0.2, 0.25) is 0 Å². The van der Waals surface area contributed by atoms with Gasteiger partial charge in [0.1, 0.15) is 11.3 Å². The van der Waals surface area contributed by atoms with Gasteiger partial charge in [-0.25, -0.2) is 4.79 Å². The highest BCUT2D eigenvalue weighted by Crippen LogP contribution is 2.22. The van der Waals surface area contributed by atoms with Gasteiger partial charge >= 0.3 is 5.97 Å². The van der Waals surface area contributed by atoms with Crippen LogP contribution in [0.4, 0.5) is 0 Å². The third-order valence-corrected chi connectivity index (χ3v) is 4.33. The molecule has 2 rings (SSSR count). The lowest BCUT2D eigenvalue weighted by molar-refractivity contribution is 0.0694. The molecule has 1 heterocycles. The number of aromatic carboxylic acids is 1. The molecule has 5 nitrogen and oxygen atoms in total. The Morgan fingerprint density at radius 3 is 2.57 bits per heavy atom. The van der Waals surface area contributed by atoms with Crippen LogP contribution in [0, 0.1) is 0 Å². The first-order valence-electron chi connectivity index (χ1n) is 7.37. The smallest absolute Gasteiger partial charge is 0.339 e. The third kappa shape index (κ3) is 4.63. The van der Waals surface area contributed by atoms with E-state index in [1.54, 1.807) is 18.7 Å². The summed E-state index contributed by atoms with van der Waals surface area (Å²) in [4.78, 5) is 24.3. The summed E-state index contributed by atoms with van der Waals surface area (Å²) >= 11 is 1.66. The molecule has 6 heteroatoms. The normalized spacial score (nSPS) is 11.9. The van der Waals surface area contributed by atoms with E-state index in [9.17, 15) is 9.59 Å². The zero-order valence-corrected chi connectivity index (χ0v) is 13.9. The van der Waals surface area contributed by atoms with E-state index in [1.165, 1.54) is 6.07 Å².